The molecule has 0 spiro atoms. The van der Waals surface area contributed by atoms with Crippen LogP contribution >= 0.6 is 0 Å². The minimum atomic E-state index is -0.158. The summed E-state index contributed by atoms with van der Waals surface area (Å²) in [6.45, 7) is 6.37. The molecule has 0 aromatic rings. The first-order chi connectivity index (χ1) is 5.58. The van der Waals surface area contributed by atoms with Gasteiger partial charge in [-0.1, -0.05) is 20.3 Å². The van der Waals surface area contributed by atoms with Gasteiger partial charge >= 0.3 is 0 Å². The number of aliphatic hydroxyl groups is 1. The quantitative estimate of drug-likeness (QED) is 0.643. The number of hydrogen-bond donors (Lipinski definition) is 2. The molecular weight excluding hydrogens is 150 g/mol. The average Bonchev–Trinajstić information content (AvgIpc) is 2.05. The zero-order chi connectivity index (χ0) is 9.61. The number of rotatable bonds is 6. The van der Waals surface area contributed by atoms with Crippen LogP contribution in [0.3, 0.4) is 0 Å². The fraction of sp³-hybridized carbons (Fsp3) is 1.00. The molecule has 2 nitrogen and oxygen atoms in total. The largest absolute Gasteiger partial charge is 0.393 e. The van der Waals surface area contributed by atoms with Crippen molar-refractivity contribution in [2.24, 2.45) is 0 Å². The van der Waals surface area contributed by atoms with Gasteiger partial charge in [-0.2, -0.15) is 0 Å². The zero-order valence-electron chi connectivity index (χ0n) is 8.85. The van der Waals surface area contributed by atoms with Crippen molar-refractivity contribution in [2.45, 2.75) is 58.1 Å². The fourth-order valence-electron chi connectivity index (χ4n) is 1.55. The molecular formula is C10H23NO. The van der Waals surface area contributed by atoms with Gasteiger partial charge < -0.3 is 10.4 Å². The molecule has 2 N–H and O–H groups in total. The normalized spacial score (nSPS) is 18.8. The van der Waals surface area contributed by atoms with Gasteiger partial charge in [0.05, 0.1) is 6.10 Å². The van der Waals surface area contributed by atoms with Gasteiger partial charge in [0.15, 0.2) is 0 Å². The second-order valence-corrected chi connectivity index (χ2v) is 3.83. The van der Waals surface area contributed by atoms with Gasteiger partial charge in [-0.15, -0.1) is 0 Å². The lowest BCUT2D eigenvalue weighted by Gasteiger charge is -2.30. The van der Waals surface area contributed by atoms with Crippen LogP contribution < -0.4 is 5.32 Å². The molecule has 0 heterocycles. The van der Waals surface area contributed by atoms with Crippen LogP contribution in [0.15, 0.2) is 0 Å². The first kappa shape index (κ1) is 11.9. The van der Waals surface area contributed by atoms with Gasteiger partial charge in [0.25, 0.3) is 0 Å². The van der Waals surface area contributed by atoms with E-state index in [1.165, 1.54) is 0 Å². The van der Waals surface area contributed by atoms with Crippen LogP contribution in [-0.2, 0) is 0 Å². The fourth-order valence-corrected chi connectivity index (χ4v) is 1.55. The lowest BCUT2D eigenvalue weighted by Crippen LogP contribution is -2.42. The molecule has 2 atom stereocenters. The molecule has 0 radical (unpaired) electrons. The predicted octanol–water partition coefficient (Wildman–Crippen LogP) is 1.93. The summed E-state index contributed by atoms with van der Waals surface area (Å²) < 4.78 is 0. The molecule has 0 aromatic heterocycles. The second-order valence-electron chi connectivity index (χ2n) is 3.83. The summed E-state index contributed by atoms with van der Waals surface area (Å²) >= 11 is 0. The van der Waals surface area contributed by atoms with Crippen molar-refractivity contribution in [3.8, 4) is 0 Å². The van der Waals surface area contributed by atoms with Crippen LogP contribution in [0.25, 0.3) is 0 Å². The topological polar surface area (TPSA) is 32.3 Å². The molecule has 0 aliphatic heterocycles. The highest BCUT2D eigenvalue weighted by Crippen LogP contribution is 2.19. The van der Waals surface area contributed by atoms with Crippen molar-refractivity contribution >= 4 is 0 Å². The molecule has 74 valence electrons. The van der Waals surface area contributed by atoms with E-state index in [1.807, 2.05) is 14.0 Å². The smallest absolute Gasteiger partial charge is 0.0555 e. The zero-order valence-corrected chi connectivity index (χ0v) is 8.85. The Kier molecular flexibility index (Phi) is 5.51. The van der Waals surface area contributed by atoms with Crippen LogP contribution in [0.4, 0.5) is 0 Å². The van der Waals surface area contributed by atoms with Crippen LogP contribution in [0.2, 0.25) is 0 Å². The molecule has 0 saturated carbocycles. The Hall–Kier alpha value is -0.0800. The summed E-state index contributed by atoms with van der Waals surface area (Å²) in [4.78, 5) is 0. The lowest BCUT2D eigenvalue weighted by molar-refractivity contribution is 0.118. The first-order valence-corrected chi connectivity index (χ1v) is 4.95. The summed E-state index contributed by atoms with van der Waals surface area (Å²) in [6.07, 6.45) is 3.83. The van der Waals surface area contributed by atoms with Gasteiger partial charge in [-0.3, -0.25) is 0 Å². The molecule has 0 bridgehead atoms. The van der Waals surface area contributed by atoms with Crippen molar-refractivity contribution in [3.63, 3.8) is 0 Å². The van der Waals surface area contributed by atoms with E-state index >= 15 is 0 Å². The molecule has 0 rings (SSSR count). The Morgan fingerprint density at radius 2 is 2.00 bits per heavy atom. The highest BCUT2D eigenvalue weighted by Gasteiger charge is 2.23. The SMILES string of the molecule is CCCC(C)(CC(O)CC)NC. The van der Waals surface area contributed by atoms with Gasteiger partial charge in [0, 0.05) is 5.54 Å². The van der Waals surface area contributed by atoms with E-state index in [9.17, 15) is 5.11 Å². The minimum Gasteiger partial charge on any atom is -0.393 e. The van der Waals surface area contributed by atoms with E-state index in [4.69, 9.17) is 0 Å². The van der Waals surface area contributed by atoms with Crippen LogP contribution in [0, 0.1) is 0 Å². The monoisotopic (exact) mass is 173 g/mol. The van der Waals surface area contributed by atoms with Gasteiger partial charge in [-0.05, 0) is 33.2 Å². The third-order valence-electron chi connectivity index (χ3n) is 2.56. The maximum Gasteiger partial charge on any atom is 0.0555 e. The Morgan fingerprint density at radius 1 is 1.42 bits per heavy atom. The van der Waals surface area contributed by atoms with Gasteiger partial charge in [0.1, 0.15) is 0 Å². The van der Waals surface area contributed by atoms with E-state index in [0.717, 1.165) is 25.7 Å². The highest BCUT2D eigenvalue weighted by atomic mass is 16.3. The number of hydrogen-bond acceptors (Lipinski definition) is 2. The molecule has 12 heavy (non-hydrogen) atoms. The third-order valence-corrected chi connectivity index (χ3v) is 2.56. The molecule has 0 aliphatic rings. The second kappa shape index (κ2) is 5.55. The van der Waals surface area contributed by atoms with E-state index in [1.54, 1.807) is 0 Å². The Bertz CT molecular complexity index is 116. The maximum absolute atomic E-state index is 9.51. The molecule has 0 fully saturated rings. The van der Waals surface area contributed by atoms with Crippen molar-refractivity contribution in [3.05, 3.63) is 0 Å². The Morgan fingerprint density at radius 3 is 2.33 bits per heavy atom. The molecule has 2 unspecified atom stereocenters. The van der Waals surface area contributed by atoms with Crippen LogP contribution in [0.5, 0.6) is 0 Å². The highest BCUT2D eigenvalue weighted by molar-refractivity contribution is 4.83. The molecule has 0 aliphatic carbocycles. The third kappa shape index (κ3) is 4.07. The van der Waals surface area contributed by atoms with E-state index in [2.05, 4.69) is 19.2 Å². The molecule has 0 amide bonds. The Labute approximate surface area is 76.4 Å². The number of nitrogens with one attached hydrogen (secondary N) is 1. The summed E-state index contributed by atoms with van der Waals surface area (Å²) in [5.74, 6) is 0. The summed E-state index contributed by atoms with van der Waals surface area (Å²) in [5, 5.41) is 12.8. The lowest BCUT2D eigenvalue weighted by atomic mass is 9.89. The maximum atomic E-state index is 9.51. The van der Waals surface area contributed by atoms with Gasteiger partial charge in [-0.25, -0.2) is 0 Å². The summed E-state index contributed by atoms with van der Waals surface area (Å²) in [5.41, 5.74) is 0.115. The van der Waals surface area contributed by atoms with Crippen molar-refractivity contribution in [1.29, 1.82) is 0 Å². The van der Waals surface area contributed by atoms with Gasteiger partial charge in [0.2, 0.25) is 0 Å². The minimum absolute atomic E-state index is 0.115. The number of aliphatic hydroxyl groups excluding tert-OH is 1. The molecule has 0 aromatic carbocycles. The predicted molar refractivity (Wildman–Crippen MR) is 53.3 cm³/mol. The Balaban J connectivity index is 3.94. The van der Waals surface area contributed by atoms with Crippen molar-refractivity contribution < 1.29 is 5.11 Å². The molecule has 0 saturated heterocycles. The molecule has 2 heteroatoms. The van der Waals surface area contributed by atoms with Crippen molar-refractivity contribution in [2.75, 3.05) is 7.05 Å². The van der Waals surface area contributed by atoms with E-state index < -0.39 is 0 Å². The van der Waals surface area contributed by atoms with Crippen LogP contribution in [-0.4, -0.2) is 23.8 Å². The summed E-state index contributed by atoms with van der Waals surface area (Å²) in [6, 6.07) is 0. The summed E-state index contributed by atoms with van der Waals surface area (Å²) in [7, 11) is 1.97. The van der Waals surface area contributed by atoms with Crippen molar-refractivity contribution in [1.82, 2.24) is 5.32 Å². The average molecular weight is 173 g/mol. The standard InChI is InChI=1S/C10H23NO/c1-5-7-10(3,11-4)8-9(12)6-2/h9,11-12H,5-8H2,1-4H3. The van der Waals surface area contributed by atoms with E-state index in [0.29, 0.717) is 0 Å². The van der Waals surface area contributed by atoms with E-state index in [-0.39, 0.29) is 11.6 Å². The first-order valence-electron chi connectivity index (χ1n) is 4.95. The van der Waals surface area contributed by atoms with Crippen LogP contribution in [0.1, 0.15) is 46.5 Å².